The van der Waals surface area contributed by atoms with Gasteiger partial charge in [-0.3, -0.25) is 9.48 Å². The lowest BCUT2D eigenvalue weighted by Crippen LogP contribution is -2.39. The zero-order chi connectivity index (χ0) is 19.4. The van der Waals surface area contributed by atoms with Crippen molar-refractivity contribution < 1.29 is 14.7 Å². The van der Waals surface area contributed by atoms with Crippen LogP contribution in [0.5, 0.6) is 0 Å². The molecule has 1 N–H and O–H groups in total. The summed E-state index contributed by atoms with van der Waals surface area (Å²) in [6.07, 6.45) is 5.09. The number of nitrogens with zero attached hydrogens (tertiary/aromatic N) is 3. The third-order valence-electron chi connectivity index (χ3n) is 5.10. The molecule has 27 heavy (non-hydrogen) atoms. The highest BCUT2D eigenvalue weighted by atomic mass is 32.2. The van der Waals surface area contributed by atoms with Gasteiger partial charge in [-0.05, 0) is 49.9 Å². The molecule has 1 amide bonds. The molecule has 3 rings (SSSR count). The first kappa shape index (κ1) is 19.5. The van der Waals surface area contributed by atoms with E-state index >= 15 is 0 Å². The number of carboxylic acids is 1. The van der Waals surface area contributed by atoms with Gasteiger partial charge in [0, 0.05) is 36.4 Å². The summed E-state index contributed by atoms with van der Waals surface area (Å²) in [5.74, 6) is 0.00849. The second kappa shape index (κ2) is 8.61. The maximum absolute atomic E-state index is 12.5. The third kappa shape index (κ3) is 4.91. The van der Waals surface area contributed by atoms with Crippen molar-refractivity contribution in [3.8, 4) is 0 Å². The van der Waals surface area contributed by atoms with Crippen LogP contribution in [-0.2, 0) is 4.79 Å². The van der Waals surface area contributed by atoms with E-state index in [0.717, 1.165) is 18.6 Å². The van der Waals surface area contributed by atoms with Gasteiger partial charge in [-0.25, -0.2) is 4.79 Å². The lowest BCUT2D eigenvalue weighted by atomic mass is 10.1. The Morgan fingerprint density at radius 2 is 1.96 bits per heavy atom. The number of hydrogen-bond donors (Lipinski definition) is 1. The smallest absolute Gasteiger partial charge is 0.338 e. The van der Waals surface area contributed by atoms with E-state index in [2.05, 4.69) is 37.1 Å². The van der Waals surface area contributed by atoms with Gasteiger partial charge in [0.15, 0.2) is 0 Å². The molecule has 7 heteroatoms. The molecule has 0 bridgehead atoms. The summed E-state index contributed by atoms with van der Waals surface area (Å²) in [7, 11) is 0. The van der Waals surface area contributed by atoms with Crippen molar-refractivity contribution in [2.45, 2.75) is 44.0 Å². The van der Waals surface area contributed by atoms with Crippen molar-refractivity contribution in [2.24, 2.45) is 0 Å². The van der Waals surface area contributed by atoms with Crippen LogP contribution in [0.25, 0.3) is 0 Å². The normalized spacial score (nSPS) is 15.1. The molecule has 1 aromatic carbocycles. The summed E-state index contributed by atoms with van der Waals surface area (Å²) in [5.41, 5.74) is 2.76. The second-order valence-electron chi connectivity index (χ2n) is 6.97. The monoisotopic (exact) mass is 387 g/mol. The summed E-state index contributed by atoms with van der Waals surface area (Å²) in [5, 5.41) is 13.2. The summed E-state index contributed by atoms with van der Waals surface area (Å²) in [6, 6.07) is 6.56. The molecule has 0 unspecified atom stereocenters. The quantitative estimate of drug-likeness (QED) is 0.767. The fraction of sp³-hybridized carbons (Fsp3) is 0.450. The molecule has 0 atom stereocenters. The second-order valence-corrected chi connectivity index (χ2v) is 8.14. The Bertz CT molecular complexity index is 826. The zero-order valence-corrected chi connectivity index (χ0v) is 16.5. The Kier molecular flexibility index (Phi) is 6.21. The minimum Gasteiger partial charge on any atom is -0.478 e. The van der Waals surface area contributed by atoms with Crippen molar-refractivity contribution in [3.05, 3.63) is 47.3 Å². The Labute approximate surface area is 163 Å². The first-order valence-electron chi connectivity index (χ1n) is 9.19. The SMILES string of the molecule is Cc1ccc(SCCC(=O)N2CCC(n3cc(C(=O)O)cn3)CC2)cc1C. The van der Waals surface area contributed by atoms with Crippen molar-refractivity contribution in [1.82, 2.24) is 14.7 Å². The Hall–Kier alpha value is -2.28. The van der Waals surface area contributed by atoms with Gasteiger partial charge in [-0.15, -0.1) is 11.8 Å². The number of carbonyl (C=O) groups excluding carboxylic acids is 1. The molecule has 0 radical (unpaired) electrons. The van der Waals surface area contributed by atoms with Gasteiger partial charge in [0.05, 0.1) is 17.8 Å². The van der Waals surface area contributed by atoms with Gasteiger partial charge in [-0.2, -0.15) is 5.10 Å². The summed E-state index contributed by atoms with van der Waals surface area (Å²) in [6.45, 7) is 5.59. The van der Waals surface area contributed by atoms with Crippen LogP contribution < -0.4 is 0 Å². The van der Waals surface area contributed by atoms with Crippen molar-refractivity contribution in [2.75, 3.05) is 18.8 Å². The number of aromatic carboxylic acids is 1. The molecule has 1 saturated heterocycles. The minimum absolute atomic E-state index is 0.159. The molecular weight excluding hydrogens is 362 g/mol. The highest BCUT2D eigenvalue weighted by Crippen LogP contribution is 2.25. The summed E-state index contributed by atoms with van der Waals surface area (Å²) in [4.78, 5) is 26.5. The molecule has 1 aliphatic heterocycles. The topological polar surface area (TPSA) is 75.4 Å². The van der Waals surface area contributed by atoms with E-state index in [1.165, 1.54) is 22.2 Å². The van der Waals surface area contributed by atoms with Crippen LogP contribution >= 0.6 is 11.8 Å². The number of aryl methyl sites for hydroxylation is 2. The predicted octanol–water partition coefficient (Wildman–Crippen LogP) is 3.54. The van der Waals surface area contributed by atoms with Gasteiger partial charge < -0.3 is 10.0 Å². The van der Waals surface area contributed by atoms with E-state index in [4.69, 9.17) is 5.11 Å². The highest BCUT2D eigenvalue weighted by molar-refractivity contribution is 7.99. The van der Waals surface area contributed by atoms with E-state index in [0.29, 0.717) is 19.5 Å². The molecule has 0 aliphatic carbocycles. The van der Waals surface area contributed by atoms with Crippen molar-refractivity contribution in [3.63, 3.8) is 0 Å². The maximum atomic E-state index is 12.5. The molecule has 1 fully saturated rings. The van der Waals surface area contributed by atoms with Crippen LogP contribution in [0.4, 0.5) is 0 Å². The lowest BCUT2D eigenvalue weighted by molar-refractivity contribution is -0.132. The molecule has 1 aliphatic rings. The summed E-state index contributed by atoms with van der Waals surface area (Å²) >= 11 is 1.72. The number of benzene rings is 1. The average Bonchev–Trinajstić information content (AvgIpc) is 3.15. The first-order chi connectivity index (χ1) is 12.9. The molecule has 2 aromatic rings. The number of rotatable bonds is 6. The van der Waals surface area contributed by atoms with Gasteiger partial charge in [0.1, 0.15) is 0 Å². The number of carbonyl (C=O) groups is 2. The average molecular weight is 388 g/mol. The largest absolute Gasteiger partial charge is 0.478 e. The van der Waals surface area contributed by atoms with Crippen molar-refractivity contribution >= 4 is 23.6 Å². The molecule has 144 valence electrons. The van der Waals surface area contributed by atoms with Crippen LogP contribution in [-0.4, -0.2) is 50.5 Å². The third-order valence-corrected chi connectivity index (χ3v) is 6.10. The van der Waals surface area contributed by atoms with Gasteiger partial charge in [-0.1, -0.05) is 6.07 Å². The Morgan fingerprint density at radius 1 is 1.22 bits per heavy atom. The van der Waals surface area contributed by atoms with E-state index in [9.17, 15) is 9.59 Å². The first-order valence-corrected chi connectivity index (χ1v) is 10.2. The van der Waals surface area contributed by atoms with Gasteiger partial charge >= 0.3 is 5.97 Å². The maximum Gasteiger partial charge on any atom is 0.338 e. The van der Waals surface area contributed by atoms with Gasteiger partial charge in [0.2, 0.25) is 5.91 Å². The fourth-order valence-electron chi connectivity index (χ4n) is 3.25. The number of piperidine rings is 1. The van der Waals surface area contributed by atoms with E-state index in [-0.39, 0.29) is 17.5 Å². The standard InChI is InChI=1S/C20H25N3O3S/c1-14-3-4-18(11-15(14)2)27-10-7-19(24)22-8-5-17(6-9-22)23-13-16(12-21-23)20(25)26/h3-4,11-13,17H,5-10H2,1-2H3,(H,25,26). The molecule has 1 aromatic heterocycles. The van der Waals surface area contributed by atoms with Crippen LogP contribution in [0.3, 0.4) is 0 Å². The highest BCUT2D eigenvalue weighted by Gasteiger charge is 2.24. The molecule has 2 heterocycles. The molecule has 6 nitrogen and oxygen atoms in total. The summed E-state index contributed by atoms with van der Waals surface area (Å²) < 4.78 is 1.72. The van der Waals surface area contributed by atoms with Crippen LogP contribution in [0.2, 0.25) is 0 Å². The Balaban J connectivity index is 1.44. The van der Waals surface area contributed by atoms with Crippen molar-refractivity contribution in [1.29, 1.82) is 0 Å². The minimum atomic E-state index is -0.963. The zero-order valence-electron chi connectivity index (χ0n) is 15.7. The predicted molar refractivity (Wildman–Crippen MR) is 105 cm³/mol. The number of likely N-dealkylation sites (tertiary alicyclic amines) is 1. The van der Waals surface area contributed by atoms with E-state index < -0.39 is 5.97 Å². The number of thioether (sulfide) groups is 1. The Morgan fingerprint density at radius 3 is 2.59 bits per heavy atom. The number of aromatic nitrogens is 2. The van der Waals surface area contributed by atoms with Gasteiger partial charge in [0.25, 0.3) is 0 Å². The molecule has 0 saturated carbocycles. The van der Waals surface area contributed by atoms with Crippen LogP contribution in [0, 0.1) is 13.8 Å². The number of carboxylic acid groups (broad SMARTS) is 1. The number of amides is 1. The molecular formula is C20H25N3O3S. The van der Waals surface area contributed by atoms with E-state index in [1.807, 2.05) is 4.90 Å². The number of hydrogen-bond acceptors (Lipinski definition) is 4. The van der Waals surface area contributed by atoms with E-state index in [1.54, 1.807) is 22.6 Å². The lowest BCUT2D eigenvalue weighted by Gasteiger charge is -2.32. The molecule has 0 spiro atoms. The van der Waals surface area contributed by atoms with Crippen LogP contribution in [0.1, 0.15) is 46.8 Å². The fourth-order valence-corrected chi connectivity index (χ4v) is 4.18. The van der Waals surface area contributed by atoms with Crippen LogP contribution in [0.15, 0.2) is 35.5 Å².